The standard InChI is InChI=1S/C20H15ClN4O3S/c21-15-4-3-5-18(12-15)29(26,27)24-16-6-8-17(9-7-16)28-20-13-19(22-14-23-20)25-10-1-2-11-25/h1-14,24H. The molecule has 146 valence electrons. The third-order valence-electron chi connectivity index (χ3n) is 3.93. The number of sulfonamides is 1. The van der Waals surface area contributed by atoms with Crippen molar-refractivity contribution in [2.24, 2.45) is 0 Å². The van der Waals surface area contributed by atoms with Crippen LogP contribution in [0.15, 0.2) is 90.3 Å². The number of ether oxygens (including phenoxy) is 1. The molecule has 0 aliphatic carbocycles. The van der Waals surface area contributed by atoms with Crippen LogP contribution in [0.5, 0.6) is 11.6 Å². The van der Waals surface area contributed by atoms with Crippen LogP contribution in [0.25, 0.3) is 5.82 Å². The van der Waals surface area contributed by atoms with E-state index in [4.69, 9.17) is 16.3 Å². The van der Waals surface area contributed by atoms with Crippen LogP contribution in [-0.2, 0) is 10.0 Å². The molecule has 0 fully saturated rings. The lowest BCUT2D eigenvalue weighted by Crippen LogP contribution is -2.12. The van der Waals surface area contributed by atoms with E-state index >= 15 is 0 Å². The Kier molecular flexibility index (Phi) is 5.20. The minimum Gasteiger partial charge on any atom is -0.439 e. The first-order valence-corrected chi connectivity index (χ1v) is 10.4. The van der Waals surface area contributed by atoms with Gasteiger partial charge in [-0.25, -0.2) is 18.4 Å². The Morgan fingerprint density at radius 2 is 1.69 bits per heavy atom. The van der Waals surface area contributed by atoms with Crippen LogP contribution in [0.1, 0.15) is 0 Å². The minimum atomic E-state index is -3.74. The zero-order chi connectivity index (χ0) is 20.3. The number of benzene rings is 2. The molecule has 0 saturated carbocycles. The second kappa shape index (κ2) is 7.94. The molecule has 4 aromatic rings. The molecule has 9 heteroatoms. The molecule has 0 unspecified atom stereocenters. The molecule has 7 nitrogen and oxygen atoms in total. The summed E-state index contributed by atoms with van der Waals surface area (Å²) < 4.78 is 35.0. The SMILES string of the molecule is O=S(=O)(Nc1ccc(Oc2cc(-n3cccc3)ncn2)cc1)c1cccc(Cl)c1. The summed E-state index contributed by atoms with van der Waals surface area (Å²) in [6.45, 7) is 0. The van der Waals surface area contributed by atoms with E-state index < -0.39 is 10.0 Å². The van der Waals surface area contributed by atoms with Crippen molar-refractivity contribution in [2.75, 3.05) is 4.72 Å². The molecule has 0 saturated heterocycles. The molecule has 2 aromatic carbocycles. The fourth-order valence-corrected chi connectivity index (χ4v) is 3.93. The molecule has 4 rings (SSSR count). The summed E-state index contributed by atoms with van der Waals surface area (Å²) in [5.41, 5.74) is 0.396. The van der Waals surface area contributed by atoms with E-state index in [1.165, 1.54) is 18.5 Å². The number of halogens is 1. The second-order valence-electron chi connectivity index (χ2n) is 5.99. The van der Waals surface area contributed by atoms with E-state index in [-0.39, 0.29) is 4.90 Å². The topological polar surface area (TPSA) is 86.1 Å². The van der Waals surface area contributed by atoms with Gasteiger partial charge in [0.2, 0.25) is 5.88 Å². The molecule has 0 atom stereocenters. The van der Waals surface area contributed by atoms with E-state index in [9.17, 15) is 8.42 Å². The van der Waals surface area contributed by atoms with Gasteiger partial charge in [0.15, 0.2) is 0 Å². The van der Waals surface area contributed by atoms with Gasteiger partial charge in [-0.2, -0.15) is 0 Å². The van der Waals surface area contributed by atoms with Crippen molar-refractivity contribution >= 4 is 27.3 Å². The zero-order valence-electron chi connectivity index (χ0n) is 14.9. The Balaban J connectivity index is 1.48. The fourth-order valence-electron chi connectivity index (χ4n) is 2.57. The van der Waals surface area contributed by atoms with Crippen molar-refractivity contribution < 1.29 is 13.2 Å². The molecule has 29 heavy (non-hydrogen) atoms. The summed E-state index contributed by atoms with van der Waals surface area (Å²) >= 11 is 5.87. The van der Waals surface area contributed by atoms with Gasteiger partial charge in [-0.1, -0.05) is 17.7 Å². The molecular formula is C20H15ClN4O3S. The Morgan fingerprint density at radius 1 is 0.931 bits per heavy atom. The maximum absolute atomic E-state index is 12.5. The molecule has 0 aliphatic rings. The maximum atomic E-state index is 12.5. The lowest BCUT2D eigenvalue weighted by Gasteiger charge is -2.10. The van der Waals surface area contributed by atoms with Crippen LogP contribution in [-0.4, -0.2) is 23.0 Å². The summed E-state index contributed by atoms with van der Waals surface area (Å²) in [4.78, 5) is 8.39. The van der Waals surface area contributed by atoms with Crippen molar-refractivity contribution in [3.63, 3.8) is 0 Å². The Hall–Kier alpha value is -3.36. The number of hydrogen-bond acceptors (Lipinski definition) is 5. The molecule has 2 heterocycles. The number of rotatable bonds is 6. The van der Waals surface area contributed by atoms with E-state index in [1.807, 2.05) is 29.1 Å². The lowest BCUT2D eigenvalue weighted by atomic mass is 10.3. The molecule has 0 aliphatic heterocycles. The number of nitrogens with zero attached hydrogens (tertiary/aromatic N) is 3. The van der Waals surface area contributed by atoms with Crippen LogP contribution in [0, 0.1) is 0 Å². The molecule has 0 spiro atoms. The first-order chi connectivity index (χ1) is 14.0. The van der Waals surface area contributed by atoms with Crippen molar-refractivity contribution in [2.45, 2.75) is 4.90 Å². The smallest absolute Gasteiger partial charge is 0.261 e. The van der Waals surface area contributed by atoms with E-state index in [0.717, 1.165) is 0 Å². The average Bonchev–Trinajstić information content (AvgIpc) is 3.25. The van der Waals surface area contributed by atoms with Gasteiger partial charge in [0, 0.05) is 29.2 Å². The highest BCUT2D eigenvalue weighted by Gasteiger charge is 2.14. The molecule has 0 bridgehead atoms. The van der Waals surface area contributed by atoms with Crippen LogP contribution in [0.3, 0.4) is 0 Å². The number of nitrogens with one attached hydrogen (secondary N) is 1. The van der Waals surface area contributed by atoms with Gasteiger partial charge in [-0.3, -0.25) is 4.72 Å². The monoisotopic (exact) mass is 426 g/mol. The summed E-state index contributed by atoms with van der Waals surface area (Å²) in [6, 6.07) is 18.0. The Labute approximate surface area is 172 Å². The van der Waals surface area contributed by atoms with Gasteiger partial charge < -0.3 is 9.30 Å². The van der Waals surface area contributed by atoms with E-state index in [2.05, 4.69) is 14.7 Å². The summed E-state index contributed by atoms with van der Waals surface area (Å²) in [7, 11) is -3.74. The molecule has 0 radical (unpaired) electrons. The van der Waals surface area contributed by atoms with Crippen molar-refractivity contribution in [1.82, 2.24) is 14.5 Å². The van der Waals surface area contributed by atoms with Crippen molar-refractivity contribution in [3.8, 4) is 17.4 Å². The van der Waals surface area contributed by atoms with Crippen molar-refractivity contribution in [3.05, 3.63) is 90.5 Å². The first-order valence-electron chi connectivity index (χ1n) is 8.51. The summed E-state index contributed by atoms with van der Waals surface area (Å²) in [5.74, 6) is 1.55. The largest absolute Gasteiger partial charge is 0.439 e. The highest BCUT2D eigenvalue weighted by atomic mass is 35.5. The van der Waals surface area contributed by atoms with Gasteiger partial charge in [-0.05, 0) is 54.6 Å². The zero-order valence-corrected chi connectivity index (χ0v) is 16.5. The summed E-state index contributed by atoms with van der Waals surface area (Å²) in [5, 5.41) is 0.348. The van der Waals surface area contributed by atoms with Crippen LogP contribution in [0.4, 0.5) is 5.69 Å². The van der Waals surface area contributed by atoms with E-state index in [0.29, 0.717) is 28.2 Å². The third kappa shape index (κ3) is 4.56. The van der Waals surface area contributed by atoms with Gasteiger partial charge in [0.25, 0.3) is 10.0 Å². The van der Waals surface area contributed by atoms with Crippen LogP contribution in [0.2, 0.25) is 5.02 Å². The quantitative estimate of drug-likeness (QED) is 0.490. The maximum Gasteiger partial charge on any atom is 0.261 e. The highest BCUT2D eigenvalue weighted by molar-refractivity contribution is 7.92. The first kappa shape index (κ1) is 19.0. The normalized spacial score (nSPS) is 11.2. The lowest BCUT2D eigenvalue weighted by molar-refractivity contribution is 0.461. The minimum absolute atomic E-state index is 0.0869. The molecule has 0 amide bonds. The predicted octanol–water partition coefficient (Wildman–Crippen LogP) is 4.51. The third-order valence-corrected chi connectivity index (χ3v) is 5.55. The Bertz CT molecular complexity index is 1230. The second-order valence-corrected chi connectivity index (χ2v) is 8.11. The van der Waals surface area contributed by atoms with Gasteiger partial charge in [0.1, 0.15) is 17.9 Å². The number of hydrogen-bond donors (Lipinski definition) is 1. The van der Waals surface area contributed by atoms with Gasteiger partial charge in [0.05, 0.1) is 4.90 Å². The van der Waals surface area contributed by atoms with Crippen molar-refractivity contribution in [1.29, 1.82) is 0 Å². The fraction of sp³-hybridized carbons (Fsp3) is 0. The average molecular weight is 427 g/mol. The van der Waals surface area contributed by atoms with Gasteiger partial charge >= 0.3 is 0 Å². The van der Waals surface area contributed by atoms with Crippen LogP contribution < -0.4 is 9.46 Å². The number of anilines is 1. The number of aromatic nitrogens is 3. The van der Waals surface area contributed by atoms with Crippen LogP contribution >= 0.6 is 11.6 Å². The highest BCUT2D eigenvalue weighted by Crippen LogP contribution is 2.24. The van der Waals surface area contributed by atoms with E-state index in [1.54, 1.807) is 42.5 Å². The Morgan fingerprint density at radius 3 is 2.41 bits per heavy atom. The predicted molar refractivity (Wildman–Crippen MR) is 110 cm³/mol. The molecule has 1 N–H and O–H groups in total. The summed E-state index contributed by atoms with van der Waals surface area (Å²) in [6.07, 6.45) is 5.15. The molecule has 2 aromatic heterocycles. The van der Waals surface area contributed by atoms with Gasteiger partial charge in [-0.15, -0.1) is 0 Å². The molecular weight excluding hydrogens is 412 g/mol.